The molecule has 0 radical (unpaired) electrons. The SMILES string of the molecule is CSc1ccc(C(=O)NCc2nccnc2-c2ccco2)cc1. The van der Waals surface area contributed by atoms with E-state index in [1.807, 2.05) is 36.6 Å². The summed E-state index contributed by atoms with van der Waals surface area (Å²) < 4.78 is 5.36. The minimum absolute atomic E-state index is 0.145. The van der Waals surface area contributed by atoms with Crippen molar-refractivity contribution < 1.29 is 9.21 Å². The number of hydrogen-bond donors (Lipinski definition) is 1. The molecule has 1 N–H and O–H groups in total. The van der Waals surface area contributed by atoms with Gasteiger partial charge in [-0.05, 0) is 42.7 Å². The number of benzene rings is 1. The van der Waals surface area contributed by atoms with E-state index < -0.39 is 0 Å². The van der Waals surface area contributed by atoms with Gasteiger partial charge >= 0.3 is 0 Å². The second-order valence-corrected chi connectivity index (χ2v) is 5.62. The van der Waals surface area contributed by atoms with Crippen molar-refractivity contribution in [3.63, 3.8) is 0 Å². The fraction of sp³-hybridized carbons (Fsp3) is 0.118. The maximum atomic E-state index is 12.2. The highest BCUT2D eigenvalue weighted by atomic mass is 32.2. The summed E-state index contributed by atoms with van der Waals surface area (Å²) in [6.45, 7) is 0.285. The van der Waals surface area contributed by atoms with Gasteiger partial charge < -0.3 is 9.73 Å². The lowest BCUT2D eigenvalue weighted by Gasteiger charge is -2.08. The van der Waals surface area contributed by atoms with Gasteiger partial charge in [0.05, 0.1) is 18.5 Å². The summed E-state index contributed by atoms with van der Waals surface area (Å²) in [4.78, 5) is 21.9. The first kappa shape index (κ1) is 15.3. The van der Waals surface area contributed by atoms with Crippen molar-refractivity contribution in [3.8, 4) is 11.5 Å². The first-order chi connectivity index (χ1) is 11.3. The summed E-state index contributed by atoms with van der Waals surface area (Å²) in [6.07, 6.45) is 6.78. The molecule has 2 aromatic heterocycles. The number of amides is 1. The molecule has 1 amide bonds. The van der Waals surface area contributed by atoms with Crippen LogP contribution in [-0.4, -0.2) is 22.1 Å². The van der Waals surface area contributed by atoms with Crippen LogP contribution in [0.5, 0.6) is 0 Å². The average molecular weight is 325 g/mol. The van der Waals surface area contributed by atoms with E-state index in [0.29, 0.717) is 22.7 Å². The summed E-state index contributed by atoms with van der Waals surface area (Å²) >= 11 is 1.64. The van der Waals surface area contributed by atoms with E-state index in [4.69, 9.17) is 4.42 Å². The Morgan fingerprint density at radius 2 is 1.96 bits per heavy atom. The zero-order valence-corrected chi connectivity index (χ0v) is 13.3. The Hall–Kier alpha value is -2.60. The molecule has 0 saturated heterocycles. The highest BCUT2D eigenvalue weighted by molar-refractivity contribution is 7.98. The summed E-state index contributed by atoms with van der Waals surface area (Å²) in [5.41, 5.74) is 1.92. The minimum atomic E-state index is -0.145. The van der Waals surface area contributed by atoms with Crippen LogP contribution in [0.1, 0.15) is 16.1 Å². The van der Waals surface area contributed by atoms with Gasteiger partial charge in [-0.2, -0.15) is 0 Å². The molecule has 1 aromatic carbocycles. The molecule has 0 fully saturated rings. The number of nitrogens with zero attached hydrogens (tertiary/aromatic N) is 2. The molecule has 0 aliphatic heterocycles. The smallest absolute Gasteiger partial charge is 0.251 e. The van der Waals surface area contributed by atoms with E-state index in [1.54, 1.807) is 36.5 Å². The zero-order chi connectivity index (χ0) is 16.1. The molecule has 6 heteroatoms. The highest BCUT2D eigenvalue weighted by Crippen LogP contribution is 2.20. The molecule has 2 heterocycles. The molecule has 3 aromatic rings. The monoisotopic (exact) mass is 325 g/mol. The van der Waals surface area contributed by atoms with E-state index in [1.165, 1.54) is 0 Å². The molecule has 0 atom stereocenters. The average Bonchev–Trinajstić information content (AvgIpc) is 3.14. The third-order valence-corrected chi connectivity index (χ3v) is 4.04. The van der Waals surface area contributed by atoms with E-state index in [-0.39, 0.29) is 12.5 Å². The number of hydrogen-bond acceptors (Lipinski definition) is 5. The van der Waals surface area contributed by atoms with Gasteiger partial charge in [0.1, 0.15) is 5.69 Å². The molecule has 0 saturated carbocycles. The number of carbonyl (C=O) groups excluding carboxylic acids is 1. The van der Waals surface area contributed by atoms with Crippen molar-refractivity contribution in [3.05, 3.63) is 66.3 Å². The molecule has 0 aliphatic rings. The van der Waals surface area contributed by atoms with Gasteiger partial charge in [0.25, 0.3) is 5.91 Å². The minimum Gasteiger partial charge on any atom is -0.463 e. The fourth-order valence-corrected chi connectivity index (χ4v) is 2.53. The first-order valence-electron chi connectivity index (χ1n) is 7.04. The Morgan fingerprint density at radius 3 is 2.65 bits per heavy atom. The largest absolute Gasteiger partial charge is 0.463 e. The molecule has 116 valence electrons. The third-order valence-electron chi connectivity index (χ3n) is 3.30. The van der Waals surface area contributed by atoms with E-state index in [0.717, 1.165) is 4.90 Å². The van der Waals surface area contributed by atoms with Crippen molar-refractivity contribution in [2.75, 3.05) is 6.26 Å². The lowest BCUT2D eigenvalue weighted by Crippen LogP contribution is -2.23. The van der Waals surface area contributed by atoms with Crippen LogP contribution >= 0.6 is 11.8 Å². The van der Waals surface area contributed by atoms with Crippen LogP contribution in [0.3, 0.4) is 0 Å². The van der Waals surface area contributed by atoms with E-state index in [9.17, 15) is 4.79 Å². The Bertz CT molecular complexity index is 786. The third kappa shape index (κ3) is 3.60. The normalized spacial score (nSPS) is 10.5. The van der Waals surface area contributed by atoms with Crippen LogP contribution in [0.25, 0.3) is 11.5 Å². The molecular formula is C17H15N3O2S. The van der Waals surface area contributed by atoms with Crippen molar-refractivity contribution in [1.82, 2.24) is 15.3 Å². The molecule has 3 rings (SSSR count). The summed E-state index contributed by atoms with van der Waals surface area (Å²) in [5.74, 6) is 0.486. The fourth-order valence-electron chi connectivity index (χ4n) is 2.12. The summed E-state index contributed by atoms with van der Waals surface area (Å²) in [6, 6.07) is 11.1. The van der Waals surface area contributed by atoms with Crippen LogP contribution in [0.2, 0.25) is 0 Å². The van der Waals surface area contributed by atoms with Gasteiger partial charge in [-0.1, -0.05) is 0 Å². The number of furan rings is 1. The highest BCUT2D eigenvalue weighted by Gasteiger charge is 2.12. The summed E-state index contributed by atoms with van der Waals surface area (Å²) in [5, 5.41) is 2.87. The quantitative estimate of drug-likeness (QED) is 0.728. The predicted molar refractivity (Wildman–Crippen MR) is 89.1 cm³/mol. The number of thioether (sulfide) groups is 1. The van der Waals surface area contributed by atoms with Crippen LogP contribution in [0.15, 0.2) is 64.4 Å². The lowest BCUT2D eigenvalue weighted by molar-refractivity contribution is 0.0950. The van der Waals surface area contributed by atoms with Gasteiger partial charge in [0, 0.05) is 22.9 Å². The molecule has 23 heavy (non-hydrogen) atoms. The lowest BCUT2D eigenvalue weighted by atomic mass is 10.2. The maximum Gasteiger partial charge on any atom is 0.251 e. The Kier molecular flexibility index (Phi) is 4.73. The second kappa shape index (κ2) is 7.11. The topological polar surface area (TPSA) is 68.0 Å². The van der Waals surface area contributed by atoms with E-state index in [2.05, 4.69) is 15.3 Å². The second-order valence-electron chi connectivity index (χ2n) is 4.74. The Balaban J connectivity index is 1.72. The molecule has 0 unspecified atom stereocenters. The molecule has 0 spiro atoms. The number of aromatic nitrogens is 2. The number of carbonyl (C=O) groups is 1. The van der Waals surface area contributed by atoms with Crippen LogP contribution in [0, 0.1) is 0 Å². The molecular weight excluding hydrogens is 310 g/mol. The number of nitrogens with one attached hydrogen (secondary N) is 1. The Labute approximate surface area is 138 Å². The number of rotatable bonds is 5. The van der Waals surface area contributed by atoms with Crippen molar-refractivity contribution >= 4 is 17.7 Å². The van der Waals surface area contributed by atoms with Gasteiger partial charge in [-0.15, -0.1) is 11.8 Å². The predicted octanol–water partition coefficient (Wildman–Crippen LogP) is 3.39. The molecule has 5 nitrogen and oxygen atoms in total. The van der Waals surface area contributed by atoms with Crippen molar-refractivity contribution in [2.45, 2.75) is 11.4 Å². The first-order valence-corrected chi connectivity index (χ1v) is 8.26. The van der Waals surface area contributed by atoms with Gasteiger partial charge in [-0.25, -0.2) is 4.98 Å². The zero-order valence-electron chi connectivity index (χ0n) is 12.5. The van der Waals surface area contributed by atoms with Crippen LogP contribution in [-0.2, 0) is 6.54 Å². The standard InChI is InChI=1S/C17H15N3O2S/c1-23-13-6-4-12(5-7-13)17(21)20-11-14-16(19-9-8-18-14)15-3-2-10-22-15/h2-10H,11H2,1H3,(H,20,21). The molecule has 0 aliphatic carbocycles. The van der Waals surface area contributed by atoms with Gasteiger partial charge in [0.15, 0.2) is 5.76 Å². The van der Waals surface area contributed by atoms with E-state index >= 15 is 0 Å². The van der Waals surface area contributed by atoms with Crippen molar-refractivity contribution in [1.29, 1.82) is 0 Å². The Morgan fingerprint density at radius 1 is 1.17 bits per heavy atom. The maximum absolute atomic E-state index is 12.2. The van der Waals surface area contributed by atoms with Crippen LogP contribution in [0.4, 0.5) is 0 Å². The molecule has 0 bridgehead atoms. The van der Waals surface area contributed by atoms with Crippen LogP contribution < -0.4 is 5.32 Å². The summed E-state index contributed by atoms with van der Waals surface area (Å²) in [7, 11) is 0. The van der Waals surface area contributed by atoms with Gasteiger partial charge in [0.2, 0.25) is 0 Å². The van der Waals surface area contributed by atoms with Gasteiger partial charge in [-0.3, -0.25) is 9.78 Å². The van der Waals surface area contributed by atoms with Crippen molar-refractivity contribution in [2.24, 2.45) is 0 Å².